The Balaban J connectivity index is 1.68. The lowest BCUT2D eigenvalue weighted by molar-refractivity contribution is -0.129. The van der Waals surface area contributed by atoms with Crippen molar-refractivity contribution in [1.82, 2.24) is 9.21 Å². The molecule has 1 amide bonds. The monoisotopic (exact) mass is 416 g/mol. The molecule has 0 atom stereocenters. The fraction of sp³-hybridized carbons (Fsp3) is 0.333. The Hall–Kier alpha value is -2.71. The molecule has 154 valence electrons. The minimum absolute atomic E-state index is 0.0403. The van der Waals surface area contributed by atoms with Crippen molar-refractivity contribution in [1.29, 1.82) is 0 Å². The van der Waals surface area contributed by atoms with Gasteiger partial charge >= 0.3 is 5.97 Å². The van der Waals surface area contributed by atoms with Gasteiger partial charge in [0.05, 0.1) is 10.5 Å². The number of piperazine rings is 1. The van der Waals surface area contributed by atoms with Gasteiger partial charge in [-0.05, 0) is 30.7 Å². The summed E-state index contributed by atoms with van der Waals surface area (Å²) in [6, 6.07) is 13.5. The van der Waals surface area contributed by atoms with Crippen LogP contribution in [0.15, 0.2) is 53.4 Å². The molecular formula is C21H24N2O5S. The van der Waals surface area contributed by atoms with Gasteiger partial charge in [-0.1, -0.05) is 35.9 Å². The van der Waals surface area contributed by atoms with Crippen LogP contribution in [0.3, 0.4) is 0 Å². The Morgan fingerprint density at radius 1 is 1.00 bits per heavy atom. The first kappa shape index (κ1) is 21.0. The summed E-state index contributed by atoms with van der Waals surface area (Å²) in [6.45, 7) is 4.72. The number of nitrogens with zero attached hydrogens (tertiary/aromatic N) is 2. The molecule has 7 nitrogen and oxygen atoms in total. The highest BCUT2D eigenvalue weighted by atomic mass is 32.2. The van der Waals surface area contributed by atoms with Crippen LogP contribution in [0, 0.1) is 6.92 Å². The predicted octanol–water partition coefficient (Wildman–Crippen LogP) is 2.20. The van der Waals surface area contributed by atoms with E-state index in [1.807, 2.05) is 31.2 Å². The number of carbonyl (C=O) groups excluding carboxylic acids is 2. The molecule has 0 spiro atoms. The van der Waals surface area contributed by atoms with E-state index >= 15 is 0 Å². The number of benzene rings is 2. The maximum Gasteiger partial charge on any atom is 0.338 e. The average Bonchev–Trinajstić information content (AvgIpc) is 2.73. The predicted molar refractivity (Wildman–Crippen MR) is 108 cm³/mol. The van der Waals surface area contributed by atoms with E-state index in [1.54, 1.807) is 4.90 Å². The van der Waals surface area contributed by atoms with Crippen LogP contribution in [0.25, 0.3) is 0 Å². The molecule has 1 saturated heterocycles. The van der Waals surface area contributed by atoms with Crippen LogP contribution in [-0.2, 0) is 26.2 Å². The van der Waals surface area contributed by atoms with E-state index in [2.05, 4.69) is 0 Å². The normalized spacial score (nSPS) is 15.2. The van der Waals surface area contributed by atoms with Crippen LogP contribution in [0.1, 0.15) is 28.4 Å². The molecule has 0 saturated carbocycles. The summed E-state index contributed by atoms with van der Waals surface area (Å²) >= 11 is 0. The van der Waals surface area contributed by atoms with Crippen LogP contribution in [0.4, 0.5) is 0 Å². The van der Waals surface area contributed by atoms with Crippen molar-refractivity contribution < 1.29 is 22.7 Å². The second-order valence-electron chi connectivity index (χ2n) is 7.00. The number of esters is 1. The van der Waals surface area contributed by atoms with E-state index in [0.29, 0.717) is 13.1 Å². The van der Waals surface area contributed by atoms with Gasteiger partial charge in [0.2, 0.25) is 15.9 Å². The number of ether oxygens (including phenoxy) is 1. The lowest BCUT2D eigenvalue weighted by Crippen LogP contribution is -2.49. The smallest absolute Gasteiger partial charge is 0.338 e. The molecule has 0 bridgehead atoms. The lowest BCUT2D eigenvalue weighted by Gasteiger charge is -2.33. The van der Waals surface area contributed by atoms with Crippen LogP contribution in [-0.4, -0.2) is 55.7 Å². The fourth-order valence-corrected chi connectivity index (χ4v) is 4.56. The maximum atomic E-state index is 12.9. The van der Waals surface area contributed by atoms with Crippen molar-refractivity contribution in [3.63, 3.8) is 0 Å². The lowest BCUT2D eigenvalue weighted by atomic mass is 10.2. The van der Waals surface area contributed by atoms with Crippen LogP contribution >= 0.6 is 0 Å². The van der Waals surface area contributed by atoms with Gasteiger partial charge in [-0.15, -0.1) is 0 Å². The first-order valence-corrected chi connectivity index (χ1v) is 10.8. The van der Waals surface area contributed by atoms with E-state index in [4.69, 9.17) is 4.74 Å². The minimum atomic E-state index is -3.75. The molecule has 8 heteroatoms. The third-order valence-corrected chi connectivity index (χ3v) is 6.78. The number of sulfonamides is 1. The zero-order valence-electron chi connectivity index (χ0n) is 16.5. The van der Waals surface area contributed by atoms with Gasteiger partial charge in [0.15, 0.2) is 0 Å². The molecule has 2 aromatic carbocycles. The van der Waals surface area contributed by atoms with Crippen molar-refractivity contribution in [2.24, 2.45) is 0 Å². The summed E-state index contributed by atoms with van der Waals surface area (Å²) in [4.78, 5) is 25.5. The number of rotatable bonds is 5. The molecule has 1 aliphatic rings. The summed E-state index contributed by atoms with van der Waals surface area (Å²) < 4.78 is 32.5. The molecule has 2 aromatic rings. The summed E-state index contributed by atoms with van der Waals surface area (Å²) in [5.41, 5.74) is 2.15. The third kappa shape index (κ3) is 5.02. The minimum Gasteiger partial charge on any atom is -0.457 e. The van der Waals surface area contributed by atoms with Gasteiger partial charge in [0, 0.05) is 33.1 Å². The van der Waals surface area contributed by atoms with E-state index in [0.717, 1.165) is 11.1 Å². The van der Waals surface area contributed by atoms with Gasteiger partial charge in [0.25, 0.3) is 0 Å². The number of amides is 1. The second kappa shape index (κ2) is 8.75. The molecule has 1 aliphatic heterocycles. The molecule has 0 aliphatic carbocycles. The van der Waals surface area contributed by atoms with Gasteiger partial charge in [-0.3, -0.25) is 4.79 Å². The second-order valence-corrected chi connectivity index (χ2v) is 8.94. The van der Waals surface area contributed by atoms with E-state index in [-0.39, 0.29) is 36.1 Å². The van der Waals surface area contributed by atoms with Crippen molar-refractivity contribution >= 4 is 21.9 Å². The fourth-order valence-electron chi connectivity index (χ4n) is 3.09. The maximum absolute atomic E-state index is 12.9. The van der Waals surface area contributed by atoms with Crippen molar-refractivity contribution in [2.75, 3.05) is 26.2 Å². The Labute approximate surface area is 170 Å². The van der Waals surface area contributed by atoms with Crippen LogP contribution in [0.5, 0.6) is 0 Å². The first-order chi connectivity index (χ1) is 13.8. The highest BCUT2D eigenvalue weighted by Gasteiger charge is 2.29. The molecule has 0 unspecified atom stereocenters. The Morgan fingerprint density at radius 3 is 2.28 bits per heavy atom. The average molecular weight is 416 g/mol. The van der Waals surface area contributed by atoms with Crippen LogP contribution in [0.2, 0.25) is 0 Å². The highest BCUT2D eigenvalue weighted by Crippen LogP contribution is 2.20. The summed E-state index contributed by atoms with van der Waals surface area (Å²) in [5.74, 6) is -0.649. The van der Waals surface area contributed by atoms with Crippen molar-refractivity contribution in [3.05, 3.63) is 65.2 Å². The van der Waals surface area contributed by atoms with Gasteiger partial charge in [0.1, 0.15) is 6.61 Å². The highest BCUT2D eigenvalue weighted by molar-refractivity contribution is 7.89. The Kier molecular flexibility index (Phi) is 6.34. The van der Waals surface area contributed by atoms with Gasteiger partial charge < -0.3 is 9.64 Å². The molecule has 29 heavy (non-hydrogen) atoms. The molecular weight excluding hydrogens is 392 g/mol. The van der Waals surface area contributed by atoms with E-state index in [9.17, 15) is 18.0 Å². The summed E-state index contributed by atoms with van der Waals surface area (Å²) in [7, 11) is -3.75. The van der Waals surface area contributed by atoms with Gasteiger partial charge in [-0.2, -0.15) is 4.31 Å². The molecule has 0 radical (unpaired) electrons. The molecule has 1 heterocycles. The van der Waals surface area contributed by atoms with Crippen LogP contribution < -0.4 is 0 Å². The molecule has 3 rings (SSSR count). The largest absolute Gasteiger partial charge is 0.457 e. The SMILES string of the molecule is CC(=O)N1CCN(S(=O)(=O)c2cccc(C(=O)OCc3ccc(C)cc3)c2)CC1. The molecule has 0 aromatic heterocycles. The number of aryl methyl sites for hydroxylation is 1. The van der Waals surface area contributed by atoms with Crippen molar-refractivity contribution in [3.8, 4) is 0 Å². The van der Waals surface area contributed by atoms with E-state index in [1.165, 1.54) is 35.5 Å². The quantitative estimate of drug-likeness (QED) is 0.698. The number of hydrogen-bond donors (Lipinski definition) is 0. The Morgan fingerprint density at radius 2 is 1.66 bits per heavy atom. The van der Waals surface area contributed by atoms with Crippen molar-refractivity contribution in [2.45, 2.75) is 25.3 Å². The number of carbonyl (C=O) groups is 2. The molecule has 0 N–H and O–H groups in total. The first-order valence-electron chi connectivity index (χ1n) is 9.36. The number of hydrogen-bond acceptors (Lipinski definition) is 5. The summed E-state index contributed by atoms with van der Waals surface area (Å²) in [6.07, 6.45) is 0. The summed E-state index contributed by atoms with van der Waals surface area (Å²) in [5, 5.41) is 0. The Bertz CT molecular complexity index is 994. The topological polar surface area (TPSA) is 84.0 Å². The molecule has 1 fully saturated rings. The van der Waals surface area contributed by atoms with Gasteiger partial charge in [-0.25, -0.2) is 13.2 Å². The standard InChI is InChI=1S/C21H24N2O5S/c1-16-6-8-18(9-7-16)15-28-21(25)19-4-3-5-20(14-19)29(26,27)23-12-10-22(11-13-23)17(2)24/h3-9,14H,10-13,15H2,1-2H3. The van der Waals surface area contributed by atoms with E-state index < -0.39 is 16.0 Å². The zero-order valence-corrected chi connectivity index (χ0v) is 17.3. The third-order valence-electron chi connectivity index (χ3n) is 4.88. The zero-order chi connectivity index (χ0) is 21.0.